The summed E-state index contributed by atoms with van der Waals surface area (Å²) in [5.41, 5.74) is 2.15. The van der Waals surface area contributed by atoms with Crippen molar-refractivity contribution in [1.82, 2.24) is 4.98 Å². The summed E-state index contributed by atoms with van der Waals surface area (Å²) in [5, 5.41) is 0. The average molecular weight is 285 g/mol. The van der Waals surface area contributed by atoms with Gasteiger partial charge in [-0.15, -0.1) is 35.6 Å². The highest BCUT2D eigenvalue weighted by Crippen LogP contribution is 2.27. The molecule has 0 aromatic carbocycles. The van der Waals surface area contributed by atoms with Crippen LogP contribution in [-0.4, -0.2) is 11.0 Å². The zero-order chi connectivity index (χ0) is 11.4. The Morgan fingerprint density at radius 2 is 2.06 bits per heavy atom. The number of carbonyl (C=O) groups is 1. The van der Waals surface area contributed by atoms with Gasteiger partial charge in [-0.25, -0.2) is 0 Å². The molecule has 0 radical (unpaired) electrons. The number of halogens is 3. The summed E-state index contributed by atoms with van der Waals surface area (Å²) in [6.45, 7) is 3.09. The molecule has 0 amide bonds. The van der Waals surface area contributed by atoms with Gasteiger partial charge in [0, 0.05) is 24.6 Å². The molecule has 0 aliphatic rings. The maximum Gasteiger partial charge on any atom is 0.308 e. The molecule has 0 saturated heterocycles. The Bertz CT molecular complexity index is 383. The molecule has 6 heteroatoms. The van der Waals surface area contributed by atoms with Gasteiger partial charge in [-0.2, -0.15) is 0 Å². The quantitative estimate of drug-likeness (QED) is 0.632. The number of hydrogen-bond donors (Lipinski definition) is 0. The van der Waals surface area contributed by atoms with Crippen LogP contribution in [0.3, 0.4) is 0 Å². The number of esters is 1. The fraction of sp³-hybridized carbons (Fsp3) is 0.400. The third-order valence-corrected chi connectivity index (χ3v) is 2.48. The Labute approximate surface area is 111 Å². The van der Waals surface area contributed by atoms with Crippen LogP contribution in [0.4, 0.5) is 0 Å². The SMILES string of the molecule is CC(=O)Oc1c(C)ncc(CCl)c1CCl.Cl. The van der Waals surface area contributed by atoms with Crippen LogP contribution >= 0.6 is 35.6 Å². The molecule has 0 spiro atoms. The van der Waals surface area contributed by atoms with Gasteiger partial charge in [0.2, 0.25) is 0 Å². The van der Waals surface area contributed by atoms with Crippen molar-refractivity contribution in [2.75, 3.05) is 0 Å². The summed E-state index contributed by atoms with van der Waals surface area (Å²) >= 11 is 11.5. The van der Waals surface area contributed by atoms with E-state index in [1.807, 2.05) is 0 Å². The van der Waals surface area contributed by atoms with Gasteiger partial charge < -0.3 is 4.74 Å². The van der Waals surface area contributed by atoms with Crippen molar-refractivity contribution in [3.63, 3.8) is 0 Å². The lowest BCUT2D eigenvalue weighted by molar-refractivity contribution is -0.132. The number of nitrogens with zero attached hydrogens (tertiary/aromatic N) is 1. The molecule has 16 heavy (non-hydrogen) atoms. The third kappa shape index (κ3) is 3.51. The molecule has 90 valence electrons. The summed E-state index contributed by atoms with van der Waals surface area (Å²) in [7, 11) is 0. The highest BCUT2D eigenvalue weighted by Gasteiger charge is 2.14. The number of alkyl halides is 2. The standard InChI is InChI=1S/C10H11Cl2NO2.ClH/c1-6-10(15-7(2)14)9(4-12)8(3-11)5-13-6;/h5H,3-4H2,1-2H3;1H. The van der Waals surface area contributed by atoms with Gasteiger partial charge in [-0.1, -0.05) is 0 Å². The van der Waals surface area contributed by atoms with E-state index < -0.39 is 5.97 Å². The fourth-order valence-electron chi connectivity index (χ4n) is 1.22. The minimum atomic E-state index is -0.391. The Morgan fingerprint density at radius 3 is 2.50 bits per heavy atom. The zero-order valence-corrected chi connectivity index (χ0v) is 11.2. The van der Waals surface area contributed by atoms with Crippen molar-refractivity contribution in [2.24, 2.45) is 0 Å². The van der Waals surface area contributed by atoms with Gasteiger partial charge in [0.1, 0.15) is 0 Å². The number of rotatable bonds is 3. The van der Waals surface area contributed by atoms with Crippen molar-refractivity contribution in [3.8, 4) is 5.75 Å². The molecule has 1 rings (SSSR count). The predicted molar refractivity (Wildman–Crippen MR) is 66.6 cm³/mol. The molecule has 0 saturated carbocycles. The fourth-order valence-corrected chi connectivity index (χ4v) is 1.74. The van der Waals surface area contributed by atoms with E-state index in [0.29, 0.717) is 17.3 Å². The number of aryl methyl sites for hydroxylation is 1. The molecule has 1 aromatic rings. The van der Waals surface area contributed by atoms with Gasteiger partial charge in [0.15, 0.2) is 5.75 Å². The summed E-state index contributed by atoms with van der Waals surface area (Å²) in [5.74, 6) is 0.575. The maximum atomic E-state index is 10.9. The molecule has 1 aromatic heterocycles. The van der Waals surface area contributed by atoms with Crippen LogP contribution in [0.15, 0.2) is 6.20 Å². The van der Waals surface area contributed by atoms with Crippen LogP contribution in [0.2, 0.25) is 0 Å². The van der Waals surface area contributed by atoms with E-state index in [1.54, 1.807) is 13.1 Å². The van der Waals surface area contributed by atoms with Gasteiger partial charge >= 0.3 is 5.97 Å². The smallest absolute Gasteiger partial charge is 0.308 e. The zero-order valence-electron chi connectivity index (χ0n) is 8.92. The first-order valence-corrected chi connectivity index (χ1v) is 5.44. The monoisotopic (exact) mass is 283 g/mol. The van der Waals surface area contributed by atoms with Crippen molar-refractivity contribution in [2.45, 2.75) is 25.6 Å². The van der Waals surface area contributed by atoms with E-state index in [-0.39, 0.29) is 18.3 Å². The molecule has 0 N–H and O–H groups in total. The Morgan fingerprint density at radius 1 is 1.44 bits per heavy atom. The molecule has 0 bridgehead atoms. The summed E-state index contributed by atoms with van der Waals surface area (Å²) in [4.78, 5) is 15.0. The molecule has 3 nitrogen and oxygen atoms in total. The highest BCUT2D eigenvalue weighted by molar-refractivity contribution is 6.19. The van der Waals surface area contributed by atoms with Crippen LogP contribution in [0.25, 0.3) is 0 Å². The first-order valence-electron chi connectivity index (χ1n) is 4.37. The van der Waals surface area contributed by atoms with Gasteiger partial charge in [-0.05, 0) is 12.5 Å². The minimum absolute atomic E-state index is 0. The van der Waals surface area contributed by atoms with E-state index in [1.165, 1.54) is 6.92 Å². The average Bonchev–Trinajstić information content (AvgIpc) is 2.20. The van der Waals surface area contributed by atoms with E-state index in [9.17, 15) is 4.79 Å². The molecule has 0 aliphatic carbocycles. The summed E-state index contributed by atoms with van der Waals surface area (Å²) in [6, 6.07) is 0. The van der Waals surface area contributed by atoms with Gasteiger partial charge in [-0.3, -0.25) is 9.78 Å². The van der Waals surface area contributed by atoms with Crippen molar-refractivity contribution < 1.29 is 9.53 Å². The topological polar surface area (TPSA) is 39.2 Å². The molecule has 1 heterocycles. The molecule has 0 unspecified atom stereocenters. The first kappa shape index (κ1) is 15.5. The second-order valence-corrected chi connectivity index (χ2v) is 3.57. The number of pyridine rings is 1. The highest BCUT2D eigenvalue weighted by atomic mass is 35.5. The lowest BCUT2D eigenvalue weighted by Gasteiger charge is -2.12. The number of ether oxygens (including phenoxy) is 1. The van der Waals surface area contributed by atoms with E-state index in [2.05, 4.69) is 4.98 Å². The van der Waals surface area contributed by atoms with Crippen molar-refractivity contribution in [3.05, 3.63) is 23.0 Å². The normalized spacial score (nSPS) is 9.50. The lowest BCUT2D eigenvalue weighted by atomic mass is 10.1. The Hall–Kier alpha value is -0.510. The second kappa shape index (κ2) is 6.94. The van der Waals surface area contributed by atoms with E-state index in [4.69, 9.17) is 27.9 Å². The van der Waals surface area contributed by atoms with Crippen LogP contribution in [0.5, 0.6) is 5.75 Å². The Balaban J connectivity index is 0.00000225. The largest absolute Gasteiger partial charge is 0.424 e. The van der Waals surface area contributed by atoms with Crippen molar-refractivity contribution >= 4 is 41.6 Å². The number of aromatic nitrogens is 1. The molecule has 0 aliphatic heterocycles. The number of hydrogen-bond acceptors (Lipinski definition) is 3. The van der Waals surface area contributed by atoms with Crippen LogP contribution in [0, 0.1) is 6.92 Å². The summed E-state index contributed by atoms with van der Waals surface area (Å²) < 4.78 is 5.07. The van der Waals surface area contributed by atoms with Crippen molar-refractivity contribution in [1.29, 1.82) is 0 Å². The lowest BCUT2D eigenvalue weighted by Crippen LogP contribution is -2.07. The number of carbonyl (C=O) groups excluding carboxylic acids is 1. The minimum Gasteiger partial charge on any atom is -0.424 e. The summed E-state index contributed by atoms with van der Waals surface area (Å²) in [6.07, 6.45) is 1.65. The van der Waals surface area contributed by atoms with Gasteiger partial charge in [0.25, 0.3) is 0 Å². The Kier molecular flexibility index (Phi) is 6.72. The second-order valence-electron chi connectivity index (χ2n) is 3.04. The third-order valence-electron chi connectivity index (χ3n) is 1.93. The van der Waals surface area contributed by atoms with Gasteiger partial charge in [0.05, 0.1) is 11.6 Å². The molecule has 0 atom stereocenters. The van der Waals surface area contributed by atoms with E-state index >= 15 is 0 Å². The van der Waals surface area contributed by atoms with Crippen LogP contribution in [-0.2, 0) is 16.6 Å². The van der Waals surface area contributed by atoms with Crippen LogP contribution in [0.1, 0.15) is 23.7 Å². The molecular formula is C10H12Cl3NO2. The van der Waals surface area contributed by atoms with Crippen LogP contribution < -0.4 is 4.74 Å². The maximum absolute atomic E-state index is 10.9. The molecular weight excluding hydrogens is 272 g/mol. The predicted octanol–water partition coefficient (Wildman–Crippen LogP) is 3.21. The molecule has 0 fully saturated rings. The van der Waals surface area contributed by atoms with E-state index in [0.717, 1.165) is 11.1 Å². The first-order chi connectivity index (χ1) is 7.10.